The van der Waals surface area contributed by atoms with Crippen molar-refractivity contribution in [1.29, 1.82) is 0 Å². The van der Waals surface area contributed by atoms with Gasteiger partial charge in [0.05, 0.1) is 33.3 Å². The van der Waals surface area contributed by atoms with E-state index in [1.165, 1.54) is 11.8 Å². The van der Waals surface area contributed by atoms with E-state index >= 15 is 0 Å². The Hall–Kier alpha value is -1.71. The summed E-state index contributed by atoms with van der Waals surface area (Å²) in [6.07, 6.45) is 2.07. The average molecular weight is 493 g/mol. The highest BCUT2D eigenvalue weighted by molar-refractivity contribution is 7.99. The molecule has 2 aliphatic rings. The van der Waals surface area contributed by atoms with E-state index < -0.39 is 0 Å². The van der Waals surface area contributed by atoms with Crippen LogP contribution in [-0.2, 0) is 4.74 Å². The number of nitrogens with zero attached hydrogens (tertiary/aromatic N) is 4. The highest BCUT2D eigenvalue weighted by atomic mass is 35.5. The minimum Gasteiger partial charge on any atom is -0.398 e. The average Bonchev–Trinajstić information content (AvgIpc) is 3.29. The van der Waals surface area contributed by atoms with E-state index in [1.54, 1.807) is 6.07 Å². The van der Waals surface area contributed by atoms with Gasteiger partial charge in [-0.2, -0.15) is 0 Å². The maximum absolute atomic E-state index is 6.55. The molecule has 7 nitrogen and oxygen atoms in total. The molecule has 2 saturated heterocycles. The van der Waals surface area contributed by atoms with E-state index in [0.717, 1.165) is 54.0 Å². The number of aryl methyl sites for hydroxylation is 1. The van der Waals surface area contributed by atoms with Crippen LogP contribution in [0.15, 0.2) is 34.1 Å². The minimum atomic E-state index is 0.0575. The van der Waals surface area contributed by atoms with Crippen molar-refractivity contribution in [3.8, 4) is 0 Å². The van der Waals surface area contributed by atoms with Gasteiger partial charge in [-0.25, -0.2) is 0 Å². The van der Waals surface area contributed by atoms with Gasteiger partial charge in [0.1, 0.15) is 11.6 Å². The fourth-order valence-corrected chi connectivity index (χ4v) is 6.28. The Kier molecular flexibility index (Phi) is 5.70. The van der Waals surface area contributed by atoms with Gasteiger partial charge in [-0.05, 0) is 38.8 Å². The van der Waals surface area contributed by atoms with Crippen molar-refractivity contribution in [3.63, 3.8) is 0 Å². The second kappa shape index (κ2) is 8.25. The maximum Gasteiger partial charge on any atom is 0.178 e. The van der Waals surface area contributed by atoms with Crippen molar-refractivity contribution < 1.29 is 4.74 Å². The van der Waals surface area contributed by atoms with Crippen molar-refractivity contribution in [2.75, 3.05) is 30.3 Å². The molecule has 1 aromatic carbocycles. The van der Waals surface area contributed by atoms with Gasteiger partial charge in [0, 0.05) is 35.5 Å². The summed E-state index contributed by atoms with van der Waals surface area (Å²) in [5.74, 6) is 1.81. The molecule has 32 heavy (non-hydrogen) atoms. The highest BCUT2D eigenvalue weighted by Gasteiger charge is 2.47. The summed E-state index contributed by atoms with van der Waals surface area (Å²) in [6.45, 7) is 6.51. The normalized spacial score (nSPS) is 22.8. The third kappa shape index (κ3) is 3.53. The van der Waals surface area contributed by atoms with E-state index in [2.05, 4.69) is 26.4 Å². The molecule has 2 fully saturated rings. The molecular formula is C22H26Cl2N6OS. The number of nitrogen functional groups attached to an aromatic ring is 1. The fourth-order valence-electron chi connectivity index (χ4n) is 4.85. The number of hydrogen-bond donors (Lipinski definition) is 2. The number of hydrogen-bond acceptors (Lipinski definition) is 7. The number of piperidine rings is 1. The molecule has 2 aromatic heterocycles. The van der Waals surface area contributed by atoms with E-state index in [0.29, 0.717) is 21.4 Å². The van der Waals surface area contributed by atoms with Crippen LogP contribution >= 0.6 is 35.0 Å². The third-order valence-electron chi connectivity index (χ3n) is 6.86. The summed E-state index contributed by atoms with van der Waals surface area (Å²) in [5.41, 5.74) is 14.5. The van der Waals surface area contributed by atoms with Crippen molar-refractivity contribution in [1.82, 2.24) is 14.6 Å². The Labute approximate surface area is 201 Å². The van der Waals surface area contributed by atoms with Crippen molar-refractivity contribution in [3.05, 3.63) is 40.1 Å². The number of rotatable bonds is 3. The second-order valence-electron chi connectivity index (χ2n) is 8.74. The number of benzene rings is 1. The van der Waals surface area contributed by atoms with Crippen LogP contribution in [0.1, 0.15) is 25.6 Å². The molecule has 1 spiro atoms. The standard InChI is InChI=1S/C22H26Cl2N6OS/c1-12-20(26)22(11-31-12)6-8-29(9-7-22)17-10-15(25)19(21-28-27-13(2)30(17)21)32-16-5-3-4-14(23)18(16)24/h3-5,10,12,20H,6-9,11,25-26H2,1-2H3/t12-,20?/m0/s1. The smallest absolute Gasteiger partial charge is 0.178 e. The van der Waals surface area contributed by atoms with Gasteiger partial charge >= 0.3 is 0 Å². The zero-order valence-corrected chi connectivity index (χ0v) is 20.3. The van der Waals surface area contributed by atoms with E-state index in [4.69, 9.17) is 39.4 Å². The third-order valence-corrected chi connectivity index (χ3v) is 8.98. The van der Waals surface area contributed by atoms with Gasteiger partial charge in [0.15, 0.2) is 5.65 Å². The molecular weight excluding hydrogens is 467 g/mol. The van der Waals surface area contributed by atoms with E-state index in [9.17, 15) is 0 Å². The molecule has 0 aliphatic carbocycles. The summed E-state index contributed by atoms with van der Waals surface area (Å²) in [4.78, 5) is 3.99. The Morgan fingerprint density at radius 2 is 1.97 bits per heavy atom. The molecule has 0 bridgehead atoms. The molecule has 4 heterocycles. The van der Waals surface area contributed by atoms with Gasteiger partial charge in [-0.3, -0.25) is 4.40 Å². The summed E-state index contributed by atoms with van der Waals surface area (Å²) < 4.78 is 7.95. The van der Waals surface area contributed by atoms with Crippen molar-refractivity contribution >= 4 is 52.1 Å². The molecule has 5 rings (SSSR count). The first-order chi connectivity index (χ1) is 15.3. The number of halogens is 2. The Morgan fingerprint density at radius 1 is 1.22 bits per heavy atom. The number of anilines is 2. The largest absolute Gasteiger partial charge is 0.398 e. The van der Waals surface area contributed by atoms with Crippen molar-refractivity contribution in [2.24, 2.45) is 11.1 Å². The minimum absolute atomic E-state index is 0.0575. The maximum atomic E-state index is 6.55. The SMILES string of the molecule is Cc1nnc2c(Sc3cccc(Cl)c3Cl)c(N)cc(N3CCC4(CC3)CO[C@@H](C)C4N)n12. The van der Waals surface area contributed by atoms with Crippen molar-refractivity contribution in [2.45, 2.75) is 48.6 Å². The predicted molar refractivity (Wildman–Crippen MR) is 130 cm³/mol. The van der Waals surface area contributed by atoms with Gasteiger partial charge in [0.2, 0.25) is 0 Å². The number of fused-ring (bicyclic) bond motifs is 1. The molecule has 3 aromatic rings. The van der Waals surface area contributed by atoms with Crippen LogP contribution in [-0.4, -0.2) is 46.4 Å². The molecule has 0 amide bonds. The first-order valence-electron chi connectivity index (χ1n) is 10.7. The first kappa shape index (κ1) is 22.1. The topological polar surface area (TPSA) is 94.7 Å². The molecule has 1 unspecified atom stereocenters. The zero-order chi connectivity index (χ0) is 22.6. The van der Waals surface area contributed by atoms with Gasteiger partial charge in [-0.15, -0.1) is 10.2 Å². The first-order valence-corrected chi connectivity index (χ1v) is 12.3. The van der Waals surface area contributed by atoms with Crippen LogP contribution in [0.3, 0.4) is 0 Å². The summed E-state index contributed by atoms with van der Waals surface area (Å²) in [5, 5.41) is 9.80. The monoisotopic (exact) mass is 492 g/mol. The number of nitrogens with two attached hydrogens (primary N) is 2. The molecule has 10 heteroatoms. The van der Waals surface area contributed by atoms with Crippen LogP contribution in [0, 0.1) is 12.3 Å². The predicted octanol–water partition coefficient (Wildman–Crippen LogP) is 4.41. The Morgan fingerprint density at radius 3 is 2.66 bits per heavy atom. The van der Waals surface area contributed by atoms with E-state index in [1.807, 2.05) is 25.1 Å². The van der Waals surface area contributed by atoms with Crippen LogP contribution in [0.5, 0.6) is 0 Å². The second-order valence-corrected chi connectivity index (χ2v) is 10.6. The molecule has 0 saturated carbocycles. The molecule has 170 valence electrons. The molecule has 0 radical (unpaired) electrons. The van der Waals surface area contributed by atoms with Gasteiger partial charge < -0.3 is 21.1 Å². The lowest BCUT2D eigenvalue weighted by Gasteiger charge is -2.42. The van der Waals surface area contributed by atoms with Crippen LogP contribution in [0.4, 0.5) is 11.5 Å². The lowest BCUT2D eigenvalue weighted by molar-refractivity contribution is 0.0974. The number of pyridine rings is 1. The lowest BCUT2D eigenvalue weighted by Crippen LogP contribution is -2.51. The number of ether oxygens (including phenoxy) is 1. The highest BCUT2D eigenvalue weighted by Crippen LogP contribution is 2.45. The summed E-state index contributed by atoms with van der Waals surface area (Å²) in [7, 11) is 0. The zero-order valence-electron chi connectivity index (χ0n) is 18.0. The van der Waals surface area contributed by atoms with E-state index in [-0.39, 0.29) is 17.6 Å². The fraction of sp³-hybridized carbons (Fsp3) is 0.455. The van der Waals surface area contributed by atoms with Gasteiger partial charge in [-0.1, -0.05) is 41.0 Å². The van der Waals surface area contributed by atoms with Crippen LogP contribution in [0.2, 0.25) is 10.0 Å². The number of aromatic nitrogens is 3. The molecule has 4 N–H and O–H groups in total. The summed E-state index contributed by atoms with van der Waals surface area (Å²) in [6, 6.07) is 7.64. The molecule has 2 aliphatic heterocycles. The Bertz CT molecular complexity index is 1180. The quantitative estimate of drug-likeness (QED) is 0.558. The van der Waals surface area contributed by atoms with Crippen LogP contribution < -0.4 is 16.4 Å². The van der Waals surface area contributed by atoms with Crippen LogP contribution in [0.25, 0.3) is 5.65 Å². The Balaban J connectivity index is 1.49. The lowest BCUT2D eigenvalue weighted by atomic mass is 9.73. The van der Waals surface area contributed by atoms with Gasteiger partial charge in [0.25, 0.3) is 0 Å². The molecule has 2 atom stereocenters. The summed E-state index contributed by atoms with van der Waals surface area (Å²) >= 11 is 14.1.